The molecule has 1 aliphatic carbocycles. The fourth-order valence-electron chi connectivity index (χ4n) is 3.43. The molecule has 1 N–H and O–H groups in total. The quantitative estimate of drug-likeness (QED) is 0.857. The van der Waals surface area contributed by atoms with E-state index in [2.05, 4.69) is 6.07 Å². The number of likely N-dealkylation sites (tertiary alicyclic amines) is 1. The fourth-order valence-corrected chi connectivity index (χ4v) is 3.43. The van der Waals surface area contributed by atoms with Crippen LogP contribution in [-0.4, -0.2) is 34.3 Å². The van der Waals surface area contributed by atoms with Gasteiger partial charge < -0.3 is 10.0 Å². The van der Waals surface area contributed by atoms with Crippen molar-refractivity contribution in [3.8, 4) is 6.07 Å². The molecule has 22 heavy (non-hydrogen) atoms. The van der Waals surface area contributed by atoms with Crippen LogP contribution < -0.4 is 0 Å². The molecule has 1 fully saturated rings. The van der Waals surface area contributed by atoms with E-state index < -0.39 is 17.6 Å². The van der Waals surface area contributed by atoms with Gasteiger partial charge in [0, 0.05) is 18.5 Å². The lowest BCUT2D eigenvalue weighted by molar-refractivity contribution is -0.134. The molecule has 0 unspecified atom stereocenters. The predicted molar refractivity (Wildman–Crippen MR) is 79.0 cm³/mol. The molecule has 1 amide bonds. The summed E-state index contributed by atoms with van der Waals surface area (Å²) in [4.78, 5) is 26.4. The summed E-state index contributed by atoms with van der Waals surface area (Å²) in [6.07, 6.45) is 0.234. The maximum absolute atomic E-state index is 12.6. The summed E-state index contributed by atoms with van der Waals surface area (Å²) in [7, 11) is 0. The van der Waals surface area contributed by atoms with Gasteiger partial charge in [0.15, 0.2) is 5.78 Å². The zero-order valence-corrected chi connectivity index (χ0v) is 12.7. The summed E-state index contributed by atoms with van der Waals surface area (Å²) in [5, 5.41) is 19.9. The molecule has 114 valence electrons. The van der Waals surface area contributed by atoms with Crippen LogP contribution in [0.4, 0.5) is 0 Å². The Hall–Kier alpha value is -2.19. The molecule has 2 aliphatic rings. The minimum atomic E-state index is -0.983. The van der Waals surface area contributed by atoms with Gasteiger partial charge in [-0.25, -0.2) is 0 Å². The number of hydrogen-bond acceptors (Lipinski definition) is 4. The molecule has 1 saturated heterocycles. The topological polar surface area (TPSA) is 81.4 Å². The van der Waals surface area contributed by atoms with E-state index in [0.29, 0.717) is 29.7 Å². The van der Waals surface area contributed by atoms with Gasteiger partial charge in [0.2, 0.25) is 5.91 Å². The number of aliphatic hydroxyl groups excluding tert-OH is 1. The molecule has 0 radical (unpaired) electrons. The Morgan fingerprint density at radius 3 is 2.68 bits per heavy atom. The monoisotopic (exact) mass is 298 g/mol. The van der Waals surface area contributed by atoms with E-state index in [1.165, 1.54) is 0 Å². The first-order chi connectivity index (χ1) is 10.4. The maximum Gasteiger partial charge on any atom is 0.223 e. The number of carbonyl (C=O) groups excluding carboxylic acids is 2. The van der Waals surface area contributed by atoms with Crippen molar-refractivity contribution in [3.05, 3.63) is 34.9 Å². The first-order valence-electron chi connectivity index (χ1n) is 7.44. The highest BCUT2D eigenvalue weighted by molar-refractivity contribution is 6.03. The third-order valence-corrected chi connectivity index (χ3v) is 4.81. The van der Waals surface area contributed by atoms with E-state index in [9.17, 15) is 14.7 Å². The molecule has 1 aliphatic heterocycles. The smallest absolute Gasteiger partial charge is 0.223 e. The van der Waals surface area contributed by atoms with E-state index in [1.807, 2.05) is 0 Å². The van der Waals surface area contributed by atoms with E-state index in [4.69, 9.17) is 5.26 Å². The average molecular weight is 298 g/mol. The Kier molecular flexibility index (Phi) is 3.30. The lowest BCUT2D eigenvalue weighted by atomic mass is 9.68. The van der Waals surface area contributed by atoms with Crippen LogP contribution in [0, 0.1) is 16.7 Å². The maximum atomic E-state index is 12.6. The zero-order valence-electron chi connectivity index (χ0n) is 12.7. The van der Waals surface area contributed by atoms with Gasteiger partial charge in [0.1, 0.15) is 0 Å². The van der Waals surface area contributed by atoms with Crippen LogP contribution in [0.25, 0.3) is 0 Å². The molecule has 2 atom stereocenters. The first kappa shape index (κ1) is 14.7. The number of aliphatic hydroxyl groups is 1. The number of benzene rings is 1. The Morgan fingerprint density at radius 2 is 2.09 bits per heavy atom. The molecule has 0 bridgehead atoms. The molecule has 5 nitrogen and oxygen atoms in total. The summed E-state index contributed by atoms with van der Waals surface area (Å²) in [6, 6.07) is 6.36. The van der Waals surface area contributed by atoms with Crippen molar-refractivity contribution < 1.29 is 14.7 Å². The highest BCUT2D eigenvalue weighted by atomic mass is 16.3. The van der Waals surface area contributed by atoms with Crippen molar-refractivity contribution >= 4 is 11.7 Å². The number of hydrogen-bond donors (Lipinski definition) is 1. The molecule has 0 aromatic heterocycles. The number of carbonyl (C=O) groups is 2. The number of rotatable bonds is 1. The summed E-state index contributed by atoms with van der Waals surface area (Å²) in [5.41, 5.74) is 0.551. The standard InChI is InChI=1S/C17H18N2O3/c1-17(2)15(21)11-6-5-10(9-18)8-12(11)14(16(17)22)19-7-3-4-13(19)20/h5-6,8,14,16,22H,3-4,7H2,1-2H3/t14-,16+/m0/s1. The SMILES string of the molecule is CC1(C)C(=O)c2ccc(C#N)cc2[C@H](N2CCCC2=O)[C@H]1O. The van der Waals surface area contributed by atoms with Crippen molar-refractivity contribution in [2.24, 2.45) is 5.41 Å². The summed E-state index contributed by atoms with van der Waals surface area (Å²) >= 11 is 0. The van der Waals surface area contributed by atoms with Crippen LogP contribution in [0.2, 0.25) is 0 Å². The molecular weight excluding hydrogens is 280 g/mol. The Labute approximate surface area is 129 Å². The van der Waals surface area contributed by atoms with E-state index in [-0.39, 0.29) is 11.7 Å². The minimum Gasteiger partial charge on any atom is -0.390 e. The second-order valence-electron chi connectivity index (χ2n) is 6.55. The van der Waals surface area contributed by atoms with E-state index >= 15 is 0 Å². The van der Waals surface area contributed by atoms with Gasteiger partial charge in [-0.15, -0.1) is 0 Å². The normalized spacial score (nSPS) is 26.7. The molecule has 0 saturated carbocycles. The second-order valence-corrected chi connectivity index (χ2v) is 6.55. The molecule has 3 rings (SSSR count). The van der Waals surface area contributed by atoms with Crippen molar-refractivity contribution in [3.63, 3.8) is 0 Å². The molecule has 1 aromatic rings. The third kappa shape index (κ3) is 1.95. The number of fused-ring (bicyclic) bond motifs is 1. The van der Waals surface area contributed by atoms with Gasteiger partial charge >= 0.3 is 0 Å². The zero-order chi connectivity index (χ0) is 16.1. The number of nitriles is 1. The highest BCUT2D eigenvalue weighted by Gasteiger charge is 2.50. The molecule has 1 heterocycles. The van der Waals surface area contributed by atoms with Crippen LogP contribution in [0.3, 0.4) is 0 Å². The van der Waals surface area contributed by atoms with Crippen LogP contribution in [-0.2, 0) is 4.79 Å². The number of ketones is 1. The molecule has 5 heteroatoms. The number of amides is 1. The van der Waals surface area contributed by atoms with Crippen LogP contribution in [0.1, 0.15) is 54.2 Å². The Bertz CT molecular complexity index is 702. The third-order valence-electron chi connectivity index (χ3n) is 4.81. The summed E-state index contributed by atoms with van der Waals surface area (Å²) in [6.45, 7) is 3.98. The largest absolute Gasteiger partial charge is 0.390 e. The van der Waals surface area contributed by atoms with Gasteiger partial charge in [-0.1, -0.05) is 0 Å². The molecule has 1 aromatic carbocycles. The lowest BCUT2D eigenvalue weighted by Crippen LogP contribution is -2.51. The Balaban J connectivity index is 2.20. The Morgan fingerprint density at radius 1 is 1.36 bits per heavy atom. The van der Waals surface area contributed by atoms with E-state index in [1.54, 1.807) is 36.9 Å². The van der Waals surface area contributed by atoms with E-state index in [0.717, 1.165) is 6.42 Å². The van der Waals surface area contributed by atoms with Crippen molar-refractivity contribution in [1.29, 1.82) is 5.26 Å². The van der Waals surface area contributed by atoms with Crippen LogP contribution in [0.5, 0.6) is 0 Å². The lowest BCUT2D eigenvalue weighted by Gasteiger charge is -2.44. The molecular formula is C17H18N2O3. The van der Waals surface area contributed by atoms with Crippen LogP contribution >= 0.6 is 0 Å². The van der Waals surface area contributed by atoms with Gasteiger partial charge in [-0.05, 0) is 44.0 Å². The average Bonchev–Trinajstić information content (AvgIpc) is 2.91. The number of nitrogens with zero attached hydrogens (tertiary/aromatic N) is 2. The number of Topliss-reactive ketones (excluding diaryl/α,β-unsaturated/α-hetero) is 1. The minimum absolute atomic E-state index is 0.0116. The summed E-state index contributed by atoms with van der Waals surface area (Å²) in [5.74, 6) is -0.162. The first-order valence-corrected chi connectivity index (χ1v) is 7.44. The molecule has 0 spiro atoms. The van der Waals surface area contributed by atoms with Crippen molar-refractivity contribution in [1.82, 2.24) is 4.90 Å². The van der Waals surface area contributed by atoms with Gasteiger partial charge in [-0.3, -0.25) is 9.59 Å². The van der Waals surface area contributed by atoms with Crippen LogP contribution in [0.15, 0.2) is 18.2 Å². The fraction of sp³-hybridized carbons (Fsp3) is 0.471. The highest BCUT2D eigenvalue weighted by Crippen LogP contribution is 2.45. The second kappa shape index (κ2) is 4.92. The predicted octanol–water partition coefficient (Wildman–Crippen LogP) is 1.81. The van der Waals surface area contributed by atoms with Gasteiger partial charge in [0.25, 0.3) is 0 Å². The van der Waals surface area contributed by atoms with Gasteiger partial charge in [0.05, 0.1) is 29.2 Å². The van der Waals surface area contributed by atoms with Crippen molar-refractivity contribution in [2.75, 3.05) is 6.54 Å². The summed E-state index contributed by atoms with van der Waals surface area (Å²) < 4.78 is 0. The van der Waals surface area contributed by atoms with Crippen molar-refractivity contribution in [2.45, 2.75) is 38.8 Å². The van der Waals surface area contributed by atoms with Gasteiger partial charge in [-0.2, -0.15) is 5.26 Å².